The van der Waals surface area contributed by atoms with E-state index in [-0.39, 0.29) is 23.3 Å². The van der Waals surface area contributed by atoms with Gasteiger partial charge in [0.2, 0.25) is 5.91 Å². The van der Waals surface area contributed by atoms with Gasteiger partial charge in [-0.2, -0.15) is 5.10 Å². The number of hydrogen-bond donors (Lipinski definition) is 2. The second kappa shape index (κ2) is 12.6. The van der Waals surface area contributed by atoms with Crippen molar-refractivity contribution in [2.75, 3.05) is 11.9 Å². The molecule has 9 heteroatoms. The summed E-state index contributed by atoms with van der Waals surface area (Å²) in [6.07, 6.45) is 0.804. The number of carbonyl (C=O) groups is 2. The molecule has 3 aromatic carbocycles. The molecule has 35 heavy (non-hydrogen) atoms. The van der Waals surface area contributed by atoms with Crippen LogP contribution in [0.5, 0.6) is 5.75 Å². The molecule has 3 aromatic rings. The summed E-state index contributed by atoms with van der Waals surface area (Å²) >= 11 is 17.9. The molecule has 0 aliphatic rings. The van der Waals surface area contributed by atoms with E-state index >= 15 is 0 Å². The topological polar surface area (TPSA) is 79.8 Å². The zero-order chi connectivity index (χ0) is 25.4. The molecular weight excluding hydrogens is 509 g/mol. The van der Waals surface area contributed by atoms with E-state index in [1.807, 2.05) is 25.1 Å². The average Bonchev–Trinajstić information content (AvgIpc) is 2.81. The fourth-order valence-electron chi connectivity index (χ4n) is 3.15. The minimum absolute atomic E-state index is 0.220. The first-order valence-electron chi connectivity index (χ1n) is 10.8. The van der Waals surface area contributed by atoms with E-state index in [1.165, 1.54) is 6.07 Å². The Morgan fingerprint density at radius 2 is 1.71 bits per heavy atom. The van der Waals surface area contributed by atoms with Crippen molar-refractivity contribution in [3.63, 3.8) is 0 Å². The fourth-order valence-corrected chi connectivity index (χ4v) is 3.87. The van der Waals surface area contributed by atoms with Gasteiger partial charge in [0, 0.05) is 22.2 Å². The quantitative estimate of drug-likeness (QED) is 0.179. The molecule has 0 radical (unpaired) electrons. The lowest BCUT2D eigenvalue weighted by Crippen LogP contribution is -2.19. The highest BCUT2D eigenvalue weighted by Crippen LogP contribution is 2.23. The number of nitrogens with one attached hydrogen (secondary N) is 2. The Kier molecular flexibility index (Phi) is 9.55. The molecule has 6 nitrogen and oxygen atoms in total. The molecule has 0 atom stereocenters. The number of nitrogens with zero attached hydrogens (tertiary/aromatic N) is 1. The normalized spacial score (nSPS) is 11.2. The fraction of sp³-hybridized carbons (Fsp3) is 0.192. The van der Waals surface area contributed by atoms with Gasteiger partial charge in [-0.15, -0.1) is 0 Å². The number of hydrazone groups is 1. The van der Waals surface area contributed by atoms with Crippen molar-refractivity contribution < 1.29 is 14.3 Å². The summed E-state index contributed by atoms with van der Waals surface area (Å²) < 4.78 is 5.70. The zero-order valence-corrected chi connectivity index (χ0v) is 21.5. The monoisotopic (exact) mass is 531 g/mol. The van der Waals surface area contributed by atoms with Crippen molar-refractivity contribution in [1.29, 1.82) is 0 Å². The first kappa shape index (κ1) is 26.5. The van der Waals surface area contributed by atoms with Crippen LogP contribution >= 0.6 is 34.8 Å². The zero-order valence-electron chi connectivity index (χ0n) is 19.2. The number of halogens is 3. The minimum Gasteiger partial charge on any atom is -0.493 e. The van der Waals surface area contributed by atoms with Gasteiger partial charge in [0.15, 0.2) is 0 Å². The molecule has 0 heterocycles. The second-order valence-corrected chi connectivity index (χ2v) is 9.03. The molecule has 0 bridgehead atoms. The third-order valence-electron chi connectivity index (χ3n) is 5.00. The summed E-state index contributed by atoms with van der Waals surface area (Å²) in [6.45, 7) is 4.08. The lowest BCUT2D eigenvalue weighted by molar-refractivity contribution is -0.121. The van der Waals surface area contributed by atoms with Crippen molar-refractivity contribution in [3.8, 4) is 5.75 Å². The molecule has 0 fully saturated rings. The van der Waals surface area contributed by atoms with Crippen molar-refractivity contribution in [2.45, 2.75) is 26.7 Å². The predicted octanol–water partition coefficient (Wildman–Crippen LogP) is 6.91. The van der Waals surface area contributed by atoms with E-state index in [2.05, 4.69) is 15.8 Å². The maximum Gasteiger partial charge on any atom is 0.257 e. The maximum absolute atomic E-state index is 12.5. The van der Waals surface area contributed by atoms with Crippen LogP contribution in [0.2, 0.25) is 15.1 Å². The van der Waals surface area contributed by atoms with Crippen molar-refractivity contribution >= 4 is 58.0 Å². The van der Waals surface area contributed by atoms with E-state index in [4.69, 9.17) is 39.5 Å². The van der Waals surface area contributed by atoms with Crippen LogP contribution in [0, 0.1) is 6.92 Å². The lowest BCUT2D eigenvalue weighted by atomic mass is 10.1. The Morgan fingerprint density at radius 1 is 0.971 bits per heavy atom. The summed E-state index contributed by atoms with van der Waals surface area (Å²) in [5, 5.41) is 8.34. The predicted molar refractivity (Wildman–Crippen MR) is 142 cm³/mol. The molecule has 0 aromatic heterocycles. The Morgan fingerprint density at radius 3 is 2.46 bits per heavy atom. The summed E-state index contributed by atoms with van der Waals surface area (Å²) in [4.78, 5) is 24.7. The van der Waals surface area contributed by atoms with Gasteiger partial charge in [-0.1, -0.05) is 46.9 Å². The number of aryl methyl sites for hydroxylation is 1. The van der Waals surface area contributed by atoms with Gasteiger partial charge in [-0.3, -0.25) is 9.59 Å². The number of carbonyl (C=O) groups excluding carboxylic acids is 2. The molecule has 0 aliphatic heterocycles. The highest BCUT2D eigenvalue weighted by molar-refractivity contribution is 6.37. The van der Waals surface area contributed by atoms with E-state index in [1.54, 1.807) is 43.3 Å². The lowest BCUT2D eigenvalue weighted by Gasteiger charge is -2.10. The van der Waals surface area contributed by atoms with Gasteiger partial charge in [-0.05, 0) is 79.9 Å². The molecule has 0 aliphatic carbocycles. The number of amides is 2. The average molecular weight is 533 g/mol. The first-order valence-corrected chi connectivity index (χ1v) is 12.0. The van der Waals surface area contributed by atoms with E-state index < -0.39 is 0 Å². The molecular formula is C26H24Cl3N3O3. The van der Waals surface area contributed by atoms with Gasteiger partial charge in [0.05, 0.1) is 22.9 Å². The van der Waals surface area contributed by atoms with Crippen LogP contribution in [0.1, 0.15) is 41.3 Å². The smallest absolute Gasteiger partial charge is 0.257 e. The van der Waals surface area contributed by atoms with Crippen LogP contribution in [0.4, 0.5) is 5.69 Å². The van der Waals surface area contributed by atoms with Gasteiger partial charge in [0.1, 0.15) is 5.75 Å². The summed E-state index contributed by atoms with van der Waals surface area (Å²) in [5.41, 5.74) is 5.71. The number of anilines is 1. The minimum atomic E-state index is -0.359. The van der Waals surface area contributed by atoms with E-state index in [9.17, 15) is 9.59 Å². The van der Waals surface area contributed by atoms with Crippen LogP contribution in [0.15, 0.2) is 65.8 Å². The van der Waals surface area contributed by atoms with Gasteiger partial charge in [-0.25, -0.2) is 5.43 Å². The molecule has 2 amide bonds. The van der Waals surface area contributed by atoms with E-state index in [0.29, 0.717) is 40.0 Å². The maximum atomic E-state index is 12.5. The molecule has 2 N–H and O–H groups in total. The molecule has 3 rings (SSSR count). The molecule has 0 saturated carbocycles. The number of rotatable bonds is 9. The largest absolute Gasteiger partial charge is 0.493 e. The highest BCUT2D eigenvalue weighted by Gasteiger charge is 2.12. The highest BCUT2D eigenvalue weighted by atomic mass is 35.5. The Hall–Kier alpha value is -3.06. The standard InChI is InChI=1S/C26H24Cl3N3O3/c1-16-13-19(27)9-11-24(16)35-12-4-7-25(33)32-31-17(2)18-5-3-6-21(14-18)30-26(34)22-10-8-20(28)15-23(22)29/h3,5-6,8-11,13-15H,4,7,12H2,1-2H3,(H,30,34)(H,32,33). The Balaban J connectivity index is 1.50. The third-order valence-corrected chi connectivity index (χ3v) is 5.79. The molecule has 0 saturated heterocycles. The Labute approximate surface area is 219 Å². The van der Waals surface area contributed by atoms with Gasteiger partial charge >= 0.3 is 0 Å². The van der Waals surface area contributed by atoms with Crippen LogP contribution in [-0.4, -0.2) is 24.1 Å². The summed E-state index contributed by atoms with van der Waals surface area (Å²) in [6, 6.07) is 17.2. The summed E-state index contributed by atoms with van der Waals surface area (Å²) in [7, 11) is 0. The SMILES string of the molecule is CC(=NNC(=O)CCCOc1ccc(Cl)cc1C)c1cccc(NC(=O)c2ccc(Cl)cc2Cl)c1. The molecule has 0 spiro atoms. The third kappa shape index (κ3) is 7.99. The van der Waals surface area contributed by atoms with Crippen LogP contribution in [0.25, 0.3) is 0 Å². The van der Waals surface area contributed by atoms with Crippen LogP contribution < -0.4 is 15.5 Å². The van der Waals surface area contributed by atoms with Gasteiger partial charge in [0.25, 0.3) is 5.91 Å². The van der Waals surface area contributed by atoms with Crippen molar-refractivity contribution in [1.82, 2.24) is 5.43 Å². The molecule has 182 valence electrons. The van der Waals surface area contributed by atoms with Crippen molar-refractivity contribution in [2.24, 2.45) is 5.10 Å². The first-order chi connectivity index (χ1) is 16.7. The number of benzene rings is 3. The number of hydrogen-bond acceptors (Lipinski definition) is 4. The number of ether oxygens (including phenoxy) is 1. The van der Waals surface area contributed by atoms with Crippen molar-refractivity contribution in [3.05, 3.63) is 92.4 Å². The van der Waals surface area contributed by atoms with E-state index in [0.717, 1.165) is 16.9 Å². The van der Waals surface area contributed by atoms with Crippen LogP contribution in [-0.2, 0) is 4.79 Å². The summed E-state index contributed by atoms with van der Waals surface area (Å²) in [5.74, 6) is 0.166. The second-order valence-electron chi connectivity index (χ2n) is 7.75. The van der Waals surface area contributed by atoms with Gasteiger partial charge < -0.3 is 10.1 Å². The Bertz CT molecular complexity index is 1260. The molecule has 0 unspecified atom stereocenters. The van der Waals surface area contributed by atoms with Crippen LogP contribution in [0.3, 0.4) is 0 Å².